The molecule has 4 aliphatic heterocycles. The van der Waals surface area contributed by atoms with Crippen molar-refractivity contribution in [2.45, 2.75) is 56.1 Å². The molecule has 48 heavy (non-hydrogen) atoms. The Bertz CT molecular complexity index is 1610. The average molecular weight is 723 g/mol. The topological polar surface area (TPSA) is 126 Å². The SMILES string of the molecule is COc1ccc(N2C/C=C\CCC(=O)N(C)[C@H](C)[C@@H](c3ccccc3)OC(=O)[C@@H]3[C@H]4O[C@@]5(C=C4Br)[C@H](C2=O)N(CCCO)C(=O)[C@@H]35)cc1. The Kier molecular flexibility index (Phi) is 9.78. The van der Waals surface area contributed by atoms with E-state index in [0.717, 1.165) is 0 Å². The van der Waals surface area contributed by atoms with E-state index in [1.165, 1.54) is 4.90 Å². The molecule has 254 valence electrons. The maximum Gasteiger partial charge on any atom is 0.313 e. The molecule has 3 amide bonds. The van der Waals surface area contributed by atoms with E-state index in [-0.39, 0.29) is 38.4 Å². The van der Waals surface area contributed by atoms with E-state index in [0.29, 0.717) is 27.9 Å². The molecule has 5 bridgehead atoms. The lowest BCUT2D eigenvalue weighted by Crippen LogP contribution is -2.56. The van der Waals surface area contributed by atoms with Gasteiger partial charge in [0.25, 0.3) is 5.91 Å². The molecule has 2 saturated heterocycles. The fourth-order valence-electron chi connectivity index (χ4n) is 7.38. The zero-order valence-corrected chi connectivity index (χ0v) is 28.7. The molecule has 6 rings (SSSR count). The van der Waals surface area contributed by atoms with Gasteiger partial charge in [0, 0.05) is 43.3 Å². The van der Waals surface area contributed by atoms with E-state index < -0.39 is 59.5 Å². The third kappa shape index (κ3) is 5.83. The quantitative estimate of drug-likeness (QED) is 0.353. The molecule has 1 spiro atoms. The molecular formula is C36H40BrN3O8. The number of cyclic esters (lactones) is 1. The standard InChI is InChI=1S/C36H40BrN3O8/c1-22-30(23-11-6-4-7-12-23)47-35(45)28-29-33(43)40(19-10-20-41)32(36(29)21-26(37)31(28)48-36)34(44)39(24-14-16-25(46-3)17-15-24)18-9-5-8-13-27(42)38(22)2/h4-7,9,11-12,14-17,21-22,28-32,41H,8,10,13,18-20H2,1-3H3/b9-5-/t22-,28+,29-,30+,31+,32+,36-/m1/s1. The number of fused-ring (bicyclic) bond motifs is 2. The number of likely N-dealkylation sites (tertiary alicyclic amines) is 1. The first-order valence-electron chi connectivity index (χ1n) is 16.2. The van der Waals surface area contributed by atoms with E-state index >= 15 is 0 Å². The molecule has 1 N–H and O–H groups in total. The second-order valence-electron chi connectivity index (χ2n) is 12.6. The predicted molar refractivity (Wildman–Crippen MR) is 180 cm³/mol. The number of amides is 3. The number of esters is 1. The third-order valence-electron chi connectivity index (χ3n) is 9.93. The van der Waals surface area contributed by atoms with Crippen LogP contribution in [0.25, 0.3) is 0 Å². The first-order valence-corrected chi connectivity index (χ1v) is 17.0. The highest BCUT2D eigenvalue weighted by Gasteiger charge is 2.75. The molecule has 2 fully saturated rings. The number of hydrogen-bond acceptors (Lipinski definition) is 8. The van der Waals surface area contributed by atoms with E-state index in [4.69, 9.17) is 14.2 Å². The molecule has 0 aromatic heterocycles. The van der Waals surface area contributed by atoms with Gasteiger partial charge >= 0.3 is 5.97 Å². The van der Waals surface area contributed by atoms with Gasteiger partial charge in [0.05, 0.1) is 19.1 Å². The zero-order valence-electron chi connectivity index (χ0n) is 27.2. The summed E-state index contributed by atoms with van der Waals surface area (Å²) in [7, 11) is 3.25. The van der Waals surface area contributed by atoms with Crippen molar-refractivity contribution < 1.29 is 38.5 Å². The highest BCUT2D eigenvalue weighted by molar-refractivity contribution is 9.11. The van der Waals surface area contributed by atoms with E-state index in [9.17, 15) is 24.3 Å². The zero-order chi connectivity index (χ0) is 34.2. The van der Waals surface area contributed by atoms with Crippen LogP contribution in [-0.4, -0.2) is 96.2 Å². The number of aliphatic hydroxyl groups is 1. The lowest BCUT2D eigenvalue weighted by molar-refractivity contribution is -0.164. The summed E-state index contributed by atoms with van der Waals surface area (Å²) < 4.78 is 18.8. The molecule has 2 aromatic rings. The van der Waals surface area contributed by atoms with Crippen LogP contribution in [-0.2, 0) is 28.7 Å². The Balaban J connectivity index is 1.47. The molecule has 7 atom stereocenters. The Morgan fingerprint density at radius 2 is 1.73 bits per heavy atom. The Labute approximate surface area is 288 Å². The highest BCUT2D eigenvalue weighted by Crippen LogP contribution is 2.59. The lowest BCUT2D eigenvalue weighted by atomic mass is 9.74. The molecule has 0 radical (unpaired) electrons. The van der Waals surface area contributed by atoms with Crippen LogP contribution in [0.5, 0.6) is 5.75 Å². The monoisotopic (exact) mass is 721 g/mol. The number of carbonyl (C=O) groups is 4. The van der Waals surface area contributed by atoms with Crippen LogP contribution in [0.4, 0.5) is 5.69 Å². The summed E-state index contributed by atoms with van der Waals surface area (Å²) in [6.07, 6.45) is 4.65. The molecule has 0 aliphatic carbocycles. The normalized spacial score (nSPS) is 31.5. The van der Waals surface area contributed by atoms with Gasteiger partial charge in [0.2, 0.25) is 11.8 Å². The number of methoxy groups -OCH3 is 1. The number of halogens is 1. The molecule has 4 heterocycles. The van der Waals surface area contributed by atoms with Gasteiger partial charge in [-0.2, -0.15) is 0 Å². The van der Waals surface area contributed by atoms with Gasteiger partial charge in [-0.1, -0.05) is 58.4 Å². The van der Waals surface area contributed by atoms with Gasteiger partial charge in [0.15, 0.2) is 0 Å². The largest absolute Gasteiger partial charge is 0.497 e. The number of aliphatic hydroxyl groups excluding tert-OH is 1. The van der Waals surface area contributed by atoms with Crippen LogP contribution >= 0.6 is 15.9 Å². The third-order valence-corrected chi connectivity index (χ3v) is 10.6. The van der Waals surface area contributed by atoms with Crippen LogP contribution in [0.1, 0.15) is 37.9 Å². The Hall–Kier alpha value is -4.00. The fourth-order valence-corrected chi connectivity index (χ4v) is 8.12. The van der Waals surface area contributed by atoms with Crippen molar-refractivity contribution in [3.63, 3.8) is 0 Å². The highest BCUT2D eigenvalue weighted by atomic mass is 79.9. The Morgan fingerprint density at radius 3 is 2.42 bits per heavy atom. The summed E-state index contributed by atoms with van der Waals surface area (Å²) in [5, 5.41) is 9.75. The van der Waals surface area contributed by atoms with Gasteiger partial charge < -0.3 is 34.0 Å². The number of nitrogens with zero attached hydrogens (tertiary/aromatic N) is 3. The number of carbonyl (C=O) groups excluding carboxylic acids is 4. The van der Waals surface area contributed by atoms with Crippen LogP contribution in [0.2, 0.25) is 0 Å². The first-order chi connectivity index (χ1) is 23.1. The van der Waals surface area contributed by atoms with Crippen molar-refractivity contribution in [2.24, 2.45) is 11.8 Å². The van der Waals surface area contributed by atoms with Crippen LogP contribution in [0.3, 0.4) is 0 Å². The fraction of sp³-hybridized carbons (Fsp3) is 0.444. The number of ether oxygens (including phenoxy) is 3. The summed E-state index contributed by atoms with van der Waals surface area (Å²) in [6.45, 7) is 1.89. The van der Waals surface area contributed by atoms with Gasteiger partial charge in [-0.25, -0.2) is 0 Å². The minimum absolute atomic E-state index is 0.0914. The molecule has 0 unspecified atom stereocenters. The van der Waals surface area contributed by atoms with Crippen LogP contribution in [0, 0.1) is 11.8 Å². The number of anilines is 1. The molecule has 2 aromatic carbocycles. The number of benzene rings is 2. The number of allylic oxidation sites excluding steroid dienone is 1. The first kappa shape index (κ1) is 33.9. The predicted octanol–water partition coefficient (Wildman–Crippen LogP) is 3.77. The summed E-state index contributed by atoms with van der Waals surface area (Å²) in [4.78, 5) is 61.6. The molecular weight excluding hydrogens is 682 g/mol. The van der Waals surface area contributed by atoms with Gasteiger partial charge in [0.1, 0.15) is 35.5 Å². The van der Waals surface area contributed by atoms with Gasteiger partial charge in [-0.3, -0.25) is 19.2 Å². The summed E-state index contributed by atoms with van der Waals surface area (Å²) in [6, 6.07) is 14.6. The van der Waals surface area contributed by atoms with Crippen molar-refractivity contribution in [3.8, 4) is 5.75 Å². The number of rotatable bonds is 6. The van der Waals surface area contributed by atoms with Crippen molar-refractivity contribution in [3.05, 3.63) is 82.9 Å². The van der Waals surface area contributed by atoms with Crippen molar-refractivity contribution in [1.82, 2.24) is 9.80 Å². The lowest BCUT2D eigenvalue weighted by Gasteiger charge is -2.36. The number of hydrogen-bond donors (Lipinski definition) is 1. The van der Waals surface area contributed by atoms with Crippen molar-refractivity contribution in [1.29, 1.82) is 0 Å². The summed E-state index contributed by atoms with van der Waals surface area (Å²) in [5.41, 5.74) is -0.186. The van der Waals surface area contributed by atoms with Crippen molar-refractivity contribution >= 4 is 45.3 Å². The smallest absolute Gasteiger partial charge is 0.313 e. The minimum Gasteiger partial charge on any atom is -0.497 e. The minimum atomic E-state index is -1.46. The van der Waals surface area contributed by atoms with E-state index in [2.05, 4.69) is 15.9 Å². The Morgan fingerprint density at radius 1 is 1.00 bits per heavy atom. The van der Waals surface area contributed by atoms with E-state index in [1.807, 2.05) is 49.4 Å². The van der Waals surface area contributed by atoms with Gasteiger partial charge in [-0.15, -0.1) is 0 Å². The molecule has 0 saturated carbocycles. The maximum absolute atomic E-state index is 14.9. The molecule has 4 aliphatic rings. The van der Waals surface area contributed by atoms with Crippen LogP contribution in [0.15, 0.2) is 77.3 Å². The number of likely N-dealkylation sites (N-methyl/N-ethyl adjacent to an activating group) is 1. The van der Waals surface area contributed by atoms with Crippen LogP contribution < -0.4 is 9.64 Å². The second kappa shape index (κ2) is 13.9. The van der Waals surface area contributed by atoms with Crippen molar-refractivity contribution in [2.75, 3.05) is 38.8 Å². The summed E-state index contributed by atoms with van der Waals surface area (Å²) in [5.74, 6) is -3.08. The molecule has 11 nitrogen and oxygen atoms in total. The van der Waals surface area contributed by atoms with E-state index in [1.54, 1.807) is 54.3 Å². The second-order valence-corrected chi connectivity index (χ2v) is 13.5. The van der Waals surface area contributed by atoms with Gasteiger partial charge in [-0.05, 0) is 55.7 Å². The maximum atomic E-state index is 14.9. The average Bonchev–Trinajstić information content (AvgIpc) is 3.69. The molecule has 12 heteroatoms. The summed E-state index contributed by atoms with van der Waals surface area (Å²) >= 11 is 3.59.